The highest BCUT2D eigenvalue weighted by atomic mass is 32.2. The lowest BCUT2D eigenvalue weighted by Gasteiger charge is -2.14. The van der Waals surface area contributed by atoms with Crippen LogP contribution in [0, 0.1) is 0 Å². The van der Waals surface area contributed by atoms with Gasteiger partial charge >= 0.3 is 10.1 Å². The summed E-state index contributed by atoms with van der Waals surface area (Å²) >= 11 is 0. The molecule has 0 saturated carbocycles. The number of benzene rings is 3. The molecule has 0 fully saturated rings. The largest absolute Gasteiger partial charge is 0.381 e. The zero-order chi connectivity index (χ0) is 24.6. The molecule has 0 aromatic heterocycles. The van der Waals surface area contributed by atoms with E-state index >= 15 is 0 Å². The SMILES string of the molecule is COC(CCc1ccc(C(=O)Nc2ccccc2S(=O)(=O)Oc2ccccc2)cc1)CC(C)=O. The second-order valence-corrected chi connectivity index (χ2v) is 9.31. The molecule has 8 heteroatoms. The number of methoxy groups -OCH3 is 1. The number of anilines is 1. The van der Waals surface area contributed by atoms with Crippen molar-refractivity contribution in [3.8, 4) is 5.75 Å². The van der Waals surface area contributed by atoms with Gasteiger partial charge in [0, 0.05) is 19.1 Å². The first-order valence-electron chi connectivity index (χ1n) is 10.8. The summed E-state index contributed by atoms with van der Waals surface area (Å²) in [7, 11) is -2.57. The lowest BCUT2D eigenvalue weighted by molar-refractivity contribution is -0.119. The lowest BCUT2D eigenvalue weighted by atomic mass is 10.0. The van der Waals surface area contributed by atoms with E-state index in [0.717, 1.165) is 5.56 Å². The van der Waals surface area contributed by atoms with Crippen molar-refractivity contribution in [3.05, 3.63) is 90.0 Å². The van der Waals surface area contributed by atoms with Gasteiger partial charge in [0.1, 0.15) is 16.4 Å². The van der Waals surface area contributed by atoms with Gasteiger partial charge in [-0.1, -0.05) is 42.5 Å². The number of rotatable bonds is 11. The lowest BCUT2D eigenvalue weighted by Crippen LogP contribution is -2.17. The number of carbonyl (C=O) groups is 2. The fourth-order valence-electron chi connectivity index (χ4n) is 3.40. The summed E-state index contributed by atoms with van der Waals surface area (Å²) < 4.78 is 36.1. The van der Waals surface area contributed by atoms with Crippen LogP contribution in [0.5, 0.6) is 5.75 Å². The molecule has 3 rings (SSSR count). The standard InChI is InChI=1S/C26H27NO6S/c1-19(28)18-23(32-2)17-14-20-12-15-21(16-13-20)26(29)27-24-10-6-7-11-25(24)34(30,31)33-22-8-4-3-5-9-22/h3-13,15-16,23H,14,17-18H2,1-2H3,(H,27,29). The number of ketones is 1. The van der Waals surface area contributed by atoms with Gasteiger partial charge in [-0.25, -0.2) is 0 Å². The number of Topliss-reactive ketones (excluding diaryl/α,β-unsaturated/α-hetero) is 1. The Balaban J connectivity index is 1.69. The van der Waals surface area contributed by atoms with E-state index in [1.165, 1.54) is 31.2 Å². The molecule has 1 unspecified atom stereocenters. The maximum absolute atomic E-state index is 12.8. The Morgan fingerprint density at radius 2 is 1.56 bits per heavy atom. The van der Waals surface area contributed by atoms with Gasteiger partial charge in [0.15, 0.2) is 0 Å². The van der Waals surface area contributed by atoms with Gasteiger partial charge in [0.05, 0.1) is 11.8 Å². The highest BCUT2D eigenvalue weighted by molar-refractivity contribution is 7.87. The first-order chi connectivity index (χ1) is 16.3. The Morgan fingerprint density at radius 3 is 2.21 bits per heavy atom. The molecule has 1 N–H and O–H groups in total. The van der Waals surface area contributed by atoms with Crippen LogP contribution >= 0.6 is 0 Å². The summed E-state index contributed by atoms with van der Waals surface area (Å²) in [5.41, 5.74) is 1.51. The number of ether oxygens (including phenoxy) is 1. The molecule has 34 heavy (non-hydrogen) atoms. The molecule has 0 aliphatic carbocycles. The molecular weight excluding hydrogens is 454 g/mol. The third kappa shape index (κ3) is 7.00. The summed E-state index contributed by atoms with van der Waals surface area (Å²) in [4.78, 5) is 24.0. The molecule has 178 valence electrons. The van der Waals surface area contributed by atoms with Crippen LogP contribution in [0.1, 0.15) is 35.7 Å². The van der Waals surface area contributed by atoms with Crippen LogP contribution in [0.4, 0.5) is 5.69 Å². The molecule has 0 bridgehead atoms. The molecular formula is C26H27NO6S. The Kier molecular flexibility index (Phi) is 8.56. The average Bonchev–Trinajstić information content (AvgIpc) is 2.82. The van der Waals surface area contributed by atoms with E-state index in [1.54, 1.807) is 49.6 Å². The van der Waals surface area contributed by atoms with Crippen molar-refractivity contribution in [2.75, 3.05) is 12.4 Å². The van der Waals surface area contributed by atoms with Crippen molar-refractivity contribution in [1.82, 2.24) is 0 Å². The maximum atomic E-state index is 12.8. The Hall–Kier alpha value is -3.49. The van der Waals surface area contributed by atoms with Crippen LogP contribution in [0.3, 0.4) is 0 Å². The molecule has 0 heterocycles. The van der Waals surface area contributed by atoms with Gasteiger partial charge in [-0.2, -0.15) is 8.42 Å². The van der Waals surface area contributed by atoms with Gasteiger partial charge in [-0.3, -0.25) is 9.59 Å². The van der Waals surface area contributed by atoms with E-state index < -0.39 is 16.0 Å². The van der Waals surface area contributed by atoms with Crippen LogP contribution in [-0.2, 0) is 26.1 Å². The second kappa shape index (κ2) is 11.6. The monoisotopic (exact) mass is 481 g/mol. The second-order valence-electron chi connectivity index (χ2n) is 7.80. The quantitative estimate of drug-likeness (QED) is 0.401. The van der Waals surface area contributed by atoms with Crippen molar-refractivity contribution >= 4 is 27.5 Å². The summed E-state index contributed by atoms with van der Waals surface area (Å²) in [5.74, 6) is -0.186. The predicted molar refractivity (Wildman–Crippen MR) is 130 cm³/mol. The van der Waals surface area contributed by atoms with Crippen molar-refractivity contribution in [2.24, 2.45) is 0 Å². The van der Waals surface area contributed by atoms with Crippen LogP contribution in [0.2, 0.25) is 0 Å². The maximum Gasteiger partial charge on any atom is 0.341 e. The van der Waals surface area contributed by atoms with Crippen molar-refractivity contribution in [1.29, 1.82) is 0 Å². The van der Waals surface area contributed by atoms with Gasteiger partial charge < -0.3 is 14.2 Å². The normalized spacial score (nSPS) is 12.1. The number of hydrogen-bond acceptors (Lipinski definition) is 6. The predicted octanol–water partition coefficient (Wildman–Crippen LogP) is 4.63. The fraction of sp³-hybridized carbons (Fsp3) is 0.231. The smallest absolute Gasteiger partial charge is 0.341 e. The molecule has 1 amide bonds. The number of aryl methyl sites for hydroxylation is 1. The highest BCUT2D eigenvalue weighted by Crippen LogP contribution is 2.25. The zero-order valence-corrected chi connectivity index (χ0v) is 19.9. The topological polar surface area (TPSA) is 98.8 Å². The summed E-state index contributed by atoms with van der Waals surface area (Å²) in [6.45, 7) is 1.54. The number of amides is 1. The van der Waals surface area contributed by atoms with Crippen LogP contribution in [0.15, 0.2) is 83.8 Å². The molecule has 3 aromatic rings. The molecule has 0 spiro atoms. The first kappa shape index (κ1) is 25.1. The van der Waals surface area contributed by atoms with Gasteiger partial charge in [0.2, 0.25) is 0 Å². The van der Waals surface area contributed by atoms with Gasteiger partial charge in [-0.05, 0) is 61.7 Å². The van der Waals surface area contributed by atoms with Crippen LogP contribution in [0.25, 0.3) is 0 Å². The minimum Gasteiger partial charge on any atom is -0.381 e. The number of para-hydroxylation sites is 2. The molecule has 0 aliphatic rings. The van der Waals surface area contributed by atoms with E-state index in [1.807, 2.05) is 12.1 Å². The summed E-state index contributed by atoms with van der Waals surface area (Å²) in [5, 5.41) is 2.66. The zero-order valence-electron chi connectivity index (χ0n) is 19.1. The Bertz CT molecular complexity index is 1220. The highest BCUT2D eigenvalue weighted by Gasteiger charge is 2.22. The van der Waals surface area contributed by atoms with E-state index in [0.29, 0.717) is 24.8 Å². The molecule has 1 atom stereocenters. The average molecular weight is 482 g/mol. The third-order valence-electron chi connectivity index (χ3n) is 5.17. The number of hydrogen-bond donors (Lipinski definition) is 1. The van der Waals surface area contributed by atoms with Crippen molar-refractivity contribution in [3.63, 3.8) is 0 Å². The number of carbonyl (C=O) groups excluding carboxylic acids is 2. The Morgan fingerprint density at radius 1 is 0.912 bits per heavy atom. The molecule has 0 saturated heterocycles. The van der Waals surface area contributed by atoms with Crippen LogP contribution in [-0.4, -0.2) is 33.3 Å². The Labute approximate surface area is 199 Å². The van der Waals surface area contributed by atoms with E-state index in [4.69, 9.17) is 8.92 Å². The van der Waals surface area contributed by atoms with E-state index in [-0.39, 0.29) is 28.2 Å². The minimum atomic E-state index is -4.16. The minimum absolute atomic E-state index is 0.0790. The third-order valence-corrected chi connectivity index (χ3v) is 6.48. The number of nitrogens with one attached hydrogen (secondary N) is 1. The summed E-state index contributed by atoms with van der Waals surface area (Å²) in [6, 6.07) is 21.3. The van der Waals surface area contributed by atoms with Crippen LogP contribution < -0.4 is 9.50 Å². The van der Waals surface area contributed by atoms with E-state index in [2.05, 4.69) is 5.32 Å². The molecule has 0 radical (unpaired) electrons. The fourth-order valence-corrected chi connectivity index (χ4v) is 4.49. The van der Waals surface area contributed by atoms with Crippen molar-refractivity contribution in [2.45, 2.75) is 37.2 Å². The van der Waals surface area contributed by atoms with Gasteiger partial charge in [0.25, 0.3) is 5.91 Å². The molecule has 0 aliphatic heterocycles. The molecule has 3 aromatic carbocycles. The first-order valence-corrected chi connectivity index (χ1v) is 12.2. The van der Waals surface area contributed by atoms with Crippen molar-refractivity contribution < 1.29 is 26.9 Å². The summed E-state index contributed by atoms with van der Waals surface area (Å²) in [6.07, 6.45) is 1.62. The molecule has 7 nitrogen and oxygen atoms in total. The van der Waals surface area contributed by atoms with E-state index in [9.17, 15) is 18.0 Å². The van der Waals surface area contributed by atoms with Gasteiger partial charge in [-0.15, -0.1) is 0 Å².